The van der Waals surface area contributed by atoms with Crippen LogP contribution in [0.15, 0.2) is 29.8 Å². The number of hydrogen-bond donors (Lipinski definition) is 0. The quantitative estimate of drug-likeness (QED) is 0.866. The van der Waals surface area contributed by atoms with Gasteiger partial charge in [-0.3, -0.25) is 4.79 Å². The summed E-state index contributed by atoms with van der Waals surface area (Å²) in [4.78, 5) is 19.6. The molecule has 1 amide bonds. The standard InChI is InChI=1S/C16H17FN2OS/c1-11-15(21-10-18-11)6-7-16(20)19-9-8-14(19)12-2-4-13(17)5-3-12/h2-5,10,14H,6-9H2,1H3/t14-/m1/s1. The summed E-state index contributed by atoms with van der Waals surface area (Å²) in [5, 5.41) is 0. The number of benzene rings is 1. The van der Waals surface area contributed by atoms with Gasteiger partial charge in [0.05, 0.1) is 17.2 Å². The Balaban J connectivity index is 1.60. The predicted octanol–water partition coefficient (Wildman–Crippen LogP) is 3.50. The highest BCUT2D eigenvalue weighted by atomic mass is 32.1. The van der Waals surface area contributed by atoms with E-state index in [4.69, 9.17) is 0 Å². The maximum Gasteiger partial charge on any atom is 0.223 e. The van der Waals surface area contributed by atoms with Gasteiger partial charge in [-0.25, -0.2) is 9.37 Å². The van der Waals surface area contributed by atoms with E-state index in [1.807, 2.05) is 17.3 Å². The molecule has 21 heavy (non-hydrogen) atoms. The van der Waals surface area contributed by atoms with Gasteiger partial charge in [0.1, 0.15) is 5.82 Å². The van der Waals surface area contributed by atoms with E-state index in [0.717, 1.165) is 30.6 Å². The second kappa shape index (κ2) is 5.93. The van der Waals surface area contributed by atoms with E-state index < -0.39 is 0 Å². The zero-order valence-electron chi connectivity index (χ0n) is 11.9. The number of carbonyl (C=O) groups is 1. The Labute approximate surface area is 127 Å². The lowest BCUT2D eigenvalue weighted by molar-refractivity contribution is -0.139. The van der Waals surface area contributed by atoms with Gasteiger partial charge in [-0.05, 0) is 37.5 Å². The number of nitrogens with zero attached hydrogens (tertiary/aromatic N) is 2. The van der Waals surface area contributed by atoms with Crippen molar-refractivity contribution < 1.29 is 9.18 Å². The number of likely N-dealkylation sites (tertiary alicyclic amines) is 1. The normalized spacial score (nSPS) is 17.6. The summed E-state index contributed by atoms with van der Waals surface area (Å²) in [5.74, 6) is -0.0694. The minimum absolute atomic E-state index is 0.112. The molecule has 0 N–H and O–H groups in total. The van der Waals surface area contributed by atoms with Crippen molar-refractivity contribution >= 4 is 17.2 Å². The number of hydrogen-bond acceptors (Lipinski definition) is 3. The van der Waals surface area contributed by atoms with Crippen LogP contribution < -0.4 is 0 Å². The molecule has 2 aromatic rings. The number of rotatable bonds is 4. The third-order valence-electron chi connectivity index (χ3n) is 4.01. The molecule has 3 rings (SSSR count). The Bertz CT molecular complexity index is 638. The smallest absolute Gasteiger partial charge is 0.223 e. The molecule has 110 valence electrons. The van der Waals surface area contributed by atoms with E-state index in [0.29, 0.717) is 6.42 Å². The van der Waals surface area contributed by atoms with Gasteiger partial charge in [-0.15, -0.1) is 11.3 Å². The lowest BCUT2D eigenvalue weighted by Gasteiger charge is -2.41. The molecule has 1 aromatic carbocycles. The van der Waals surface area contributed by atoms with Crippen LogP contribution in [0.1, 0.15) is 35.0 Å². The van der Waals surface area contributed by atoms with Gasteiger partial charge >= 0.3 is 0 Å². The highest BCUT2D eigenvalue weighted by molar-refractivity contribution is 7.09. The summed E-state index contributed by atoms with van der Waals surface area (Å²) < 4.78 is 13.0. The molecule has 0 radical (unpaired) electrons. The summed E-state index contributed by atoms with van der Waals surface area (Å²) in [7, 11) is 0. The topological polar surface area (TPSA) is 33.2 Å². The van der Waals surface area contributed by atoms with Crippen LogP contribution in [-0.4, -0.2) is 22.3 Å². The Morgan fingerprint density at radius 2 is 2.19 bits per heavy atom. The molecule has 1 atom stereocenters. The van der Waals surface area contributed by atoms with Gasteiger partial charge in [0.25, 0.3) is 0 Å². The first-order chi connectivity index (χ1) is 10.1. The zero-order valence-corrected chi connectivity index (χ0v) is 12.7. The van der Waals surface area contributed by atoms with Crippen LogP contribution in [-0.2, 0) is 11.2 Å². The average Bonchev–Trinajstić information content (AvgIpc) is 2.83. The molecule has 5 heteroatoms. The van der Waals surface area contributed by atoms with Gasteiger partial charge < -0.3 is 4.90 Å². The van der Waals surface area contributed by atoms with Gasteiger partial charge in [0.2, 0.25) is 5.91 Å². The summed E-state index contributed by atoms with van der Waals surface area (Å²) in [6, 6.07) is 6.56. The molecule has 2 heterocycles. The Morgan fingerprint density at radius 3 is 2.76 bits per heavy atom. The molecule has 3 nitrogen and oxygen atoms in total. The van der Waals surface area contributed by atoms with Crippen molar-refractivity contribution in [2.24, 2.45) is 0 Å². The van der Waals surface area contributed by atoms with E-state index in [1.54, 1.807) is 23.5 Å². The maximum absolute atomic E-state index is 13.0. The fourth-order valence-corrected chi connectivity index (χ4v) is 3.43. The first-order valence-corrected chi connectivity index (χ1v) is 7.97. The first-order valence-electron chi connectivity index (χ1n) is 7.09. The van der Waals surface area contributed by atoms with Crippen LogP contribution in [0, 0.1) is 12.7 Å². The molecule has 1 fully saturated rings. The largest absolute Gasteiger partial charge is 0.335 e. The molecule has 1 aromatic heterocycles. The van der Waals surface area contributed by atoms with Crippen LogP contribution >= 0.6 is 11.3 Å². The molecular weight excluding hydrogens is 287 g/mol. The zero-order chi connectivity index (χ0) is 14.8. The molecule has 1 aliphatic rings. The highest BCUT2D eigenvalue weighted by Gasteiger charge is 2.32. The van der Waals surface area contributed by atoms with Crippen LogP contribution in [0.5, 0.6) is 0 Å². The first kappa shape index (κ1) is 14.2. The van der Waals surface area contributed by atoms with Crippen LogP contribution in [0.4, 0.5) is 4.39 Å². The Morgan fingerprint density at radius 1 is 1.43 bits per heavy atom. The van der Waals surface area contributed by atoms with Crippen molar-refractivity contribution in [3.05, 3.63) is 51.7 Å². The number of halogens is 1. The predicted molar refractivity (Wildman–Crippen MR) is 80.6 cm³/mol. The summed E-state index contributed by atoms with van der Waals surface area (Å²) in [6.45, 7) is 2.77. The van der Waals surface area contributed by atoms with Crippen molar-refractivity contribution in [3.63, 3.8) is 0 Å². The molecule has 0 bridgehead atoms. The monoisotopic (exact) mass is 304 g/mol. The van der Waals surface area contributed by atoms with Crippen molar-refractivity contribution in [1.29, 1.82) is 0 Å². The van der Waals surface area contributed by atoms with Gasteiger partial charge in [-0.2, -0.15) is 0 Å². The molecule has 0 unspecified atom stereocenters. The Kier molecular flexibility index (Phi) is 4.01. The average molecular weight is 304 g/mol. The lowest BCUT2D eigenvalue weighted by Crippen LogP contribution is -2.45. The maximum atomic E-state index is 13.0. The Hall–Kier alpha value is -1.75. The van der Waals surface area contributed by atoms with E-state index in [9.17, 15) is 9.18 Å². The third-order valence-corrected chi connectivity index (χ3v) is 5.00. The van der Waals surface area contributed by atoms with Crippen molar-refractivity contribution in [2.75, 3.05) is 6.54 Å². The number of aromatic nitrogens is 1. The lowest BCUT2D eigenvalue weighted by atomic mass is 9.94. The molecule has 1 aliphatic heterocycles. The minimum Gasteiger partial charge on any atom is -0.335 e. The van der Waals surface area contributed by atoms with Crippen molar-refractivity contribution in [1.82, 2.24) is 9.88 Å². The van der Waals surface area contributed by atoms with Crippen LogP contribution in [0.3, 0.4) is 0 Å². The number of thiazole rings is 1. The van der Waals surface area contributed by atoms with Gasteiger partial charge in [0, 0.05) is 17.8 Å². The van der Waals surface area contributed by atoms with Crippen molar-refractivity contribution in [3.8, 4) is 0 Å². The van der Waals surface area contributed by atoms with Crippen LogP contribution in [0.2, 0.25) is 0 Å². The van der Waals surface area contributed by atoms with Crippen molar-refractivity contribution in [2.45, 2.75) is 32.2 Å². The highest BCUT2D eigenvalue weighted by Crippen LogP contribution is 2.34. The summed E-state index contributed by atoms with van der Waals surface area (Å²) in [5.41, 5.74) is 3.86. The number of carbonyl (C=O) groups excluding carboxylic acids is 1. The molecule has 1 saturated heterocycles. The summed E-state index contributed by atoms with van der Waals surface area (Å²) >= 11 is 1.60. The van der Waals surface area contributed by atoms with Gasteiger partial charge in [0.15, 0.2) is 0 Å². The fraction of sp³-hybridized carbons (Fsp3) is 0.375. The molecular formula is C16H17FN2OS. The number of aryl methyl sites for hydroxylation is 2. The summed E-state index contributed by atoms with van der Waals surface area (Å²) in [6.07, 6.45) is 2.22. The molecule has 0 spiro atoms. The van der Waals surface area contributed by atoms with E-state index >= 15 is 0 Å². The van der Waals surface area contributed by atoms with E-state index in [-0.39, 0.29) is 17.8 Å². The van der Waals surface area contributed by atoms with Crippen LogP contribution in [0.25, 0.3) is 0 Å². The van der Waals surface area contributed by atoms with E-state index in [2.05, 4.69) is 4.98 Å². The third kappa shape index (κ3) is 2.97. The van der Waals surface area contributed by atoms with E-state index in [1.165, 1.54) is 17.0 Å². The second-order valence-electron chi connectivity index (χ2n) is 5.30. The molecule has 0 saturated carbocycles. The molecule has 0 aliphatic carbocycles. The van der Waals surface area contributed by atoms with Gasteiger partial charge in [-0.1, -0.05) is 12.1 Å². The number of amides is 1. The fourth-order valence-electron chi connectivity index (χ4n) is 2.65. The SMILES string of the molecule is Cc1ncsc1CCC(=O)N1CC[C@@H]1c1ccc(F)cc1. The second-order valence-corrected chi connectivity index (χ2v) is 6.24. The minimum atomic E-state index is -0.239.